The molecule has 4 heteroatoms. The summed E-state index contributed by atoms with van der Waals surface area (Å²) in [6.07, 6.45) is 1.08. The van der Waals surface area contributed by atoms with Crippen LogP contribution in [0.5, 0.6) is 0 Å². The minimum atomic E-state index is -0.519. The number of halogens is 2. The maximum Gasteiger partial charge on any atom is 0.343 e. The lowest BCUT2D eigenvalue weighted by Gasteiger charge is -1.79. The Kier molecular flexibility index (Phi) is 4.14. The first-order valence-corrected chi connectivity index (χ1v) is 2.49. The van der Waals surface area contributed by atoms with Crippen LogP contribution in [0.2, 0.25) is 0 Å². The van der Waals surface area contributed by atoms with Gasteiger partial charge in [0.05, 0.1) is 0 Å². The van der Waals surface area contributed by atoms with E-state index in [1.165, 1.54) is 0 Å². The fraction of sp³-hybridized carbons (Fsp3) is 0. The molecule has 0 aromatic rings. The Hall–Kier alpha value is -0.0200. The van der Waals surface area contributed by atoms with Gasteiger partial charge in [0.25, 0.3) is 0 Å². The smallest absolute Gasteiger partial charge is 0.343 e. The molecule has 0 aliphatic rings. The van der Waals surface area contributed by atoms with Crippen molar-refractivity contribution in [2.24, 2.45) is 0 Å². The molecule has 0 N–H and O–H groups in total. The van der Waals surface area contributed by atoms with Crippen LogP contribution in [0.25, 0.3) is 0 Å². The molecule has 0 amide bonds. The Bertz CT molecular complexity index is 90.9. The van der Waals surface area contributed by atoms with E-state index in [1.807, 2.05) is 0 Å². The third kappa shape index (κ3) is 3.82. The number of hydrogen-bond acceptors (Lipinski definition) is 2. The van der Waals surface area contributed by atoms with Crippen molar-refractivity contribution in [2.45, 2.75) is 0 Å². The summed E-state index contributed by atoms with van der Waals surface area (Å²) in [5.41, 5.74) is 1.07. The molecule has 0 aromatic carbocycles. The number of carbonyl (C=O) groups is 1. The maximum absolute atomic E-state index is 9.97. The van der Waals surface area contributed by atoms with Gasteiger partial charge in [-0.3, -0.25) is 0 Å². The highest BCUT2D eigenvalue weighted by molar-refractivity contribution is 9.06. The molecule has 2 nitrogen and oxygen atoms in total. The molecule has 0 aliphatic carbocycles. The summed E-state index contributed by atoms with van der Waals surface area (Å²) in [5, 5.41) is 0. The first kappa shape index (κ1) is 6.98. The van der Waals surface area contributed by atoms with Crippen molar-refractivity contribution >= 4 is 33.8 Å². The largest absolute Gasteiger partial charge is 0.380 e. The van der Waals surface area contributed by atoms with Crippen LogP contribution < -0.4 is 0 Å². The molecule has 0 unspecified atom stereocenters. The van der Waals surface area contributed by atoms with Crippen LogP contribution in [-0.2, 0) is 8.62 Å². The first-order chi connectivity index (χ1) is 3.31. The molecule has 7 heavy (non-hydrogen) atoms. The van der Waals surface area contributed by atoms with Crippen LogP contribution in [0.4, 0.5) is 0 Å². The zero-order valence-electron chi connectivity index (χ0n) is 3.23. The molecule has 0 aromatic heterocycles. The van der Waals surface area contributed by atoms with Gasteiger partial charge in [0.1, 0.15) is 0 Å². The highest BCUT2D eigenvalue weighted by atomic mass is 79.9. The van der Waals surface area contributed by atoms with E-state index in [4.69, 9.17) is 11.6 Å². The molecule has 0 spiro atoms. The van der Waals surface area contributed by atoms with Gasteiger partial charge < -0.3 is 3.83 Å². The summed E-state index contributed by atoms with van der Waals surface area (Å²) in [6.45, 7) is 0. The van der Waals surface area contributed by atoms with Gasteiger partial charge in [-0.2, -0.15) is 0 Å². The molecule has 0 rings (SSSR count). The molecule has 0 heterocycles. The van der Waals surface area contributed by atoms with Crippen molar-refractivity contribution in [3.8, 4) is 0 Å². The fourth-order valence-corrected chi connectivity index (χ4v) is 0.288. The summed E-state index contributed by atoms with van der Waals surface area (Å²) in [6, 6.07) is 0. The van der Waals surface area contributed by atoms with Crippen LogP contribution >= 0.6 is 27.9 Å². The summed E-state index contributed by atoms with van der Waals surface area (Å²) in [4.78, 5) is 9.97. The second-order valence-corrected chi connectivity index (χ2v) is 1.26. The highest BCUT2D eigenvalue weighted by Gasteiger charge is 1.87. The van der Waals surface area contributed by atoms with Crippen molar-refractivity contribution < 1.29 is 8.62 Å². The molecule has 0 atom stereocenters. The lowest BCUT2D eigenvalue weighted by molar-refractivity contribution is -0.127. The van der Waals surface area contributed by atoms with Crippen molar-refractivity contribution in [1.29, 1.82) is 0 Å². The number of hydrogen-bond donors (Lipinski definition) is 0. The average Bonchev–Trinajstić information content (AvgIpc) is 1.68. The lowest BCUT2D eigenvalue weighted by Crippen LogP contribution is -1.86. The minimum Gasteiger partial charge on any atom is -0.380 e. The Morgan fingerprint density at radius 2 is 2.43 bits per heavy atom. The first-order valence-electron chi connectivity index (χ1n) is 1.40. The predicted molar refractivity (Wildman–Crippen MR) is 30.0 cm³/mol. The third-order valence-electron chi connectivity index (χ3n) is 0.275. The predicted octanol–water partition coefficient (Wildman–Crippen LogP) is 1.59. The molecule has 40 valence electrons. The van der Waals surface area contributed by atoms with Gasteiger partial charge in [-0.1, -0.05) is 11.6 Å². The van der Waals surface area contributed by atoms with Crippen molar-refractivity contribution in [3.63, 3.8) is 0 Å². The molecule has 0 saturated carbocycles. The molecule has 0 saturated heterocycles. The molecule has 0 aliphatic heterocycles. The number of rotatable bonds is 1. The van der Waals surface area contributed by atoms with Crippen molar-refractivity contribution in [2.75, 3.05) is 0 Å². The summed E-state index contributed by atoms with van der Waals surface area (Å²) in [7, 11) is 0. The van der Waals surface area contributed by atoms with Gasteiger partial charge in [0.15, 0.2) is 16.3 Å². The maximum atomic E-state index is 9.97. The Morgan fingerprint density at radius 3 is 2.57 bits per heavy atom. The quantitative estimate of drug-likeness (QED) is 0.580. The molecule has 0 radical (unpaired) electrons. The van der Waals surface area contributed by atoms with Crippen LogP contribution in [0, 0.1) is 0 Å². The third-order valence-corrected chi connectivity index (χ3v) is 0.720. The zero-order chi connectivity index (χ0) is 5.70. The van der Waals surface area contributed by atoms with E-state index in [0.717, 1.165) is 11.6 Å². The Labute approximate surface area is 54.6 Å². The van der Waals surface area contributed by atoms with Crippen molar-refractivity contribution in [3.05, 3.63) is 11.6 Å². The number of carbonyl (C=O) groups excluding carboxylic acids is 1. The Morgan fingerprint density at radius 1 is 1.86 bits per heavy atom. The molecular formula is C3H2BrClO2. The summed E-state index contributed by atoms with van der Waals surface area (Å²) in [5.74, 6) is -0.519. The van der Waals surface area contributed by atoms with Crippen LogP contribution in [0.15, 0.2) is 11.6 Å². The van der Waals surface area contributed by atoms with Gasteiger partial charge in [-0.15, -0.1) is 0 Å². The van der Waals surface area contributed by atoms with E-state index < -0.39 is 5.97 Å². The standard InChI is InChI=1S/C3H2BrClO2/c4-7-3(6)1-2-5/h1-2H. The van der Waals surface area contributed by atoms with Crippen molar-refractivity contribution in [1.82, 2.24) is 0 Å². The van der Waals surface area contributed by atoms with Gasteiger partial charge in [0.2, 0.25) is 0 Å². The second kappa shape index (κ2) is 4.15. The molecular weight excluding hydrogens is 183 g/mol. The minimum absolute atomic E-state index is 0.519. The SMILES string of the molecule is O=C(C=CCl)OBr. The van der Waals surface area contributed by atoms with E-state index in [-0.39, 0.29) is 0 Å². The van der Waals surface area contributed by atoms with E-state index in [1.54, 1.807) is 0 Å². The van der Waals surface area contributed by atoms with E-state index in [9.17, 15) is 4.79 Å². The molecule has 0 bridgehead atoms. The van der Waals surface area contributed by atoms with Gasteiger partial charge in [-0.05, 0) is 0 Å². The normalized spacial score (nSPS) is 9.43. The van der Waals surface area contributed by atoms with Gasteiger partial charge in [0, 0.05) is 11.6 Å². The molecule has 0 fully saturated rings. The van der Waals surface area contributed by atoms with E-state index in [0.29, 0.717) is 0 Å². The van der Waals surface area contributed by atoms with E-state index in [2.05, 4.69) is 20.1 Å². The summed E-state index contributed by atoms with van der Waals surface area (Å²) < 4.78 is 3.99. The zero-order valence-corrected chi connectivity index (χ0v) is 5.57. The highest BCUT2D eigenvalue weighted by Crippen LogP contribution is 1.88. The topological polar surface area (TPSA) is 26.3 Å². The average molecular weight is 185 g/mol. The van der Waals surface area contributed by atoms with Crippen LogP contribution in [-0.4, -0.2) is 5.97 Å². The fourth-order valence-electron chi connectivity index (χ4n) is 0.0772. The second-order valence-electron chi connectivity index (χ2n) is 0.689. The van der Waals surface area contributed by atoms with Gasteiger partial charge in [-0.25, -0.2) is 4.79 Å². The van der Waals surface area contributed by atoms with Crippen LogP contribution in [0.3, 0.4) is 0 Å². The van der Waals surface area contributed by atoms with Crippen LogP contribution in [0.1, 0.15) is 0 Å². The monoisotopic (exact) mass is 184 g/mol. The Balaban J connectivity index is 3.37. The summed E-state index contributed by atoms with van der Waals surface area (Å²) >= 11 is 7.43. The van der Waals surface area contributed by atoms with E-state index >= 15 is 0 Å². The van der Waals surface area contributed by atoms with Gasteiger partial charge >= 0.3 is 5.97 Å². The lowest BCUT2D eigenvalue weighted by atomic mass is 10.7.